The summed E-state index contributed by atoms with van der Waals surface area (Å²) in [4.78, 5) is 21.4. The van der Waals surface area contributed by atoms with Crippen molar-refractivity contribution < 1.29 is 14.3 Å². The van der Waals surface area contributed by atoms with Crippen LogP contribution in [0, 0.1) is 0 Å². The van der Waals surface area contributed by atoms with Crippen LogP contribution in [-0.4, -0.2) is 36.0 Å². The average molecular weight is 215 g/mol. The minimum Gasteiger partial charge on any atom is -0.444 e. The van der Waals surface area contributed by atoms with Gasteiger partial charge in [0.15, 0.2) is 0 Å². The number of ether oxygens (including phenoxy) is 1. The van der Waals surface area contributed by atoms with Crippen LogP contribution in [0.3, 0.4) is 0 Å². The van der Waals surface area contributed by atoms with Crippen LogP contribution in [0.4, 0.5) is 4.79 Å². The zero-order valence-electron chi connectivity index (χ0n) is 10.1. The van der Waals surface area contributed by atoms with Gasteiger partial charge in [-0.2, -0.15) is 0 Å². The summed E-state index contributed by atoms with van der Waals surface area (Å²) in [7, 11) is 0. The van der Waals surface area contributed by atoms with Crippen LogP contribution in [0.5, 0.6) is 0 Å². The molecule has 1 fully saturated rings. The minimum atomic E-state index is -0.376. The molecule has 1 unspecified atom stereocenters. The summed E-state index contributed by atoms with van der Waals surface area (Å²) >= 11 is 0. The molecule has 1 aliphatic heterocycles. The normalized spacial score (nSPS) is 20.5. The molecule has 1 amide bonds. The fourth-order valence-electron chi connectivity index (χ4n) is 1.53. The van der Waals surface area contributed by atoms with Crippen molar-refractivity contribution in [2.45, 2.75) is 52.2 Å². The topological polar surface area (TPSA) is 46.6 Å². The van der Waals surface area contributed by atoms with Crippen molar-refractivity contribution in [3.8, 4) is 0 Å². The number of carbonyl (C=O) groups excluding carboxylic acids is 2. The lowest BCUT2D eigenvalue weighted by Crippen LogP contribution is -2.38. The number of hydrogen-bond acceptors (Lipinski definition) is 3. The Labute approximate surface area is 91.6 Å². The summed E-state index contributed by atoms with van der Waals surface area (Å²) in [5.41, 5.74) is -0.376. The van der Waals surface area contributed by atoms with Gasteiger partial charge in [0.25, 0.3) is 0 Å². The SMILES string of the molecule is C=O.CC1CCCN1C(=O)OC(C)(C)C. The van der Waals surface area contributed by atoms with Gasteiger partial charge in [0, 0.05) is 12.6 Å². The number of nitrogens with zero attached hydrogens (tertiary/aromatic N) is 1. The first-order chi connectivity index (χ1) is 6.90. The molecule has 0 aromatic rings. The highest BCUT2D eigenvalue weighted by Crippen LogP contribution is 2.19. The average Bonchev–Trinajstić information content (AvgIpc) is 2.52. The lowest BCUT2D eigenvalue weighted by atomic mass is 10.2. The third kappa shape index (κ3) is 4.81. The maximum absolute atomic E-state index is 11.6. The van der Waals surface area contributed by atoms with Crippen molar-refractivity contribution in [2.75, 3.05) is 6.54 Å². The Bertz CT molecular complexity index is 210. The summed E-state index contributed by atoms with van der Waals surface area (Å²) in [6.45, 7) is 10.6. The summed E-state index contributed by atoms with van der Waals surface area (Å²) in [5, 5.41) is 0. The molecule has 0 bridgehead atoms. The standard InChI is InChI=1S/C10H19NO2.CH2O/c1-8-6-5-7-11(8)9(12)13-10(2,3)4;1-2/h8H,5-7H2,1-4H3;1H2. The zero-order chi connectivity index (χ0) is 12.1. The maximum atomic E-state index is 11.6. The third-order valence-electron chi connectivity index (χ3n) is 2.18. The molecule has 88 valence electrons. The molecule has 1 atom stereocenters. The number of amides is 1. The molecule has 0 aromatic carbocycles. The molecule has 0 aromatic heterocycles. The predicted molar refractivity (Wildman–Crippen MR) is 58.8 cm³/mol. The highest BCUT2D eigenvalue weighted by atomic mass is 16.6. The Morgan fingerprint density at radius 2 is 1.93 bits per heavy atom. The summed E-state index contributed by atoms with van der Waals surface area (Å²) in [5.74, 6) is 0. The molecule has 1 aliphatic rings. The van der Waals surface area contributed by atoms with Crippen LogP contribution >= 0.6 is 0 Å². The Kier molecular flexibility index (Phi) is 5.33. The van der Waals surface area contributed by atoms with Gasteiger partial charge in [-0.1, -0.05) is 0 Å². The Hall–Kier alpha value is -1.06. The minimum absolute atomic E-state index is 0.169. The molecule has 1 saturated heterocycles. The van der Waals surface area contributed by atoms with Gasteiger partial charge < -0.3 is 14.4 Å². The number of rotatable bonds is 0. The molecule has 4 heteroatoms. The molecule has 15 heavy (non-hydrogen) atoms. The van der Waals surface area contributed by atoms with Crippen LogP contribution in [0.25, 0.3) is 0 Å². The monoisotopic (exact) mass is 215 g/mol. The van der Waals surface area contributed by atoms with Crippen molar-refractivity contribution in [2.24, 2.45) is 0 Å². The molecular weight excluding hydrogens is 194 g/mol. The lowest BCUT2D eigenvalue weighted by Gasteiger charge is -2.26. The smallest absolute Gasteiger partial charge is 0.410 e. The van der Waals surface area contributed by atoms with E-state index in [0.717, 1.165) is 19.4 Å². The van der Waals surface area contributed by atoms with Gasteiger partial charge >= 0.3 is 6.09 Å². The van der Waals surface area contributed by atoms with E-state index >= 15 is 0 Å². The van der Waals surface area contributed by atoms with E-state index in [1.807, 2.05) is 32.5 Å². The molecule has 0 aliphatic carbocycles. The summed E-state index contributed by atoms with van der Waals surface area (Å²) in [6.07, 6.45) is 2.03. The van der Waals surface area contributed by atoms with Gasteiger partial charge in [-0.25, -0.2) is 4.79 Å². The van der Waals surface area contributed by atoms with Crippen molar-refractivity contribution in [3.05, 3.63) is 0 Å². The van der Waals surface area contributed by atoms with Gasteiger partial charge in [-0.3, -0.25) is 0 Å². The van der Waals surface area contributed by atoms with Crippen LogP contribution in [0.15, 0.2) is 0 Å². The number of hydrogen-bond donors (Lipinski definition) is 0. The van der Waals surface area contributed by atoms with E-state index in [2.05, 4.69) is 6.92 Å². The van der Waals surface area contributed by atoms with Crippen molar-refractivity contribution in [3.63, 3.8) is 0 Å². The molecular formula is C11H21NO3. The number of carbonyl (C=O) groups is 2. The van der Waals surface area contributed by atoms with Crippen molar-refractivity contribution >= 4 is 12.9 Å². The zero-order valence-corrected chi connectivity index (χ0v) is 10.1. The van der Waals surface area contributed by atoms with Gasteiger partial charge in [0.1, 0.15) is 12.4 Å². The predicted octanol–water partition coefficient (Wildman–Crippen LogP) is 2.22. The van der Waals surface area contributed by atoms with E-state index in [1.165, 1.54) is 0 Å². The highest BCUT2D eigenvalue weighted by Gasteiger charge is 2.28. The van der Waals surface area contributed by atoms with E-state index in [-0.39, 0.29) is 11.7 Å². The first kappa shape index (κ1) is 13.9. The fraction of sp³-hybridized carbons (Fsp3) is 0.818. The quantitative estimate of drug-likeness (QED) is 0.622. The van der Waals surface area contributed by atoms with Gasteiger partial charge in [-0.15, -0.1) is 0 Å². The molecule has 4 nitrogen and oxygen atoms in total. The largest absolute Gasteiger partial charge is 0.444 e. The Balaban J connectivity index is 0.000000921. The first-order valence-electron chi connectivity index (χ1n) is 5.18. The lowest BCUT2D eigenvalue weighted by molar-refractivity contribution is -0.0980. The third-order valence-corrected chi connectivity index (χ3v) is 2.18. The second-order valence-electron chi connectivity index (χ2n) is 4.66. The molecule has 0 N–H and O–H groups in total. The van der Waals surface area contributed by atoms with E-state index in [4.69, 9.17) is 9.53 Å². The van der Waals surface area contributed by atoms with Gasteiger partial charge in [0.05, 0.1) is 0 Å². The molecule has 1 heterocycles. The summed E-state index contributed by atoms with van der Waals surface area (Å²) < 4.78 is 5.28. The molecule has 0 radical (unpaired) electrons. The van der Waals surface area contributed by atoms with E-state index < -0.39 is 0 Å². The molecule has 0 saturated carbocycles. The van der Waals surface area contributed by atoms with Crippen LogP contribution in [-0.2, 0) is 9.53 Å². The molecule has 1 rings (SSSR count). The summed E-state index contributed by atoms with van der Waals surface area (Å²) in [6, 6.07) is 0.342. The molecule has 0 spiro atoms. The Morgan fingerprint density at radius 1 is 1.40 bits per heavy atom. The van der Waals surface area contributed by atoms with E-state index in [0.29, 0.717) is 6.04 Å². The Morgan fingerprint density at radius 3 is 2.27 bits per heavy atom. The second kappa shape index (κ2) is 5.73. The number of likely N-dealkylation sites (tertiary alicyclic amines) is 1. The first-order valence-corrected chi connectivity index (χ1v) is 5.18. The maximum Gasteiger partial charge on any atom is 0.410 e. The van der Waals surface area contributed by atoms with Crippen LogP contribution in [0.2, 0.25) is 0 Å². The van der Waals surface area contributed by atoms with E-state index in [1.54, 1.807) is 0 Å². The second-order valence-corrected chi connectivity index (χ2v) is 4.66. The van der Waals surface area contributed by atoms with Gasteiger partial charge in [-0.05, 0) is 40.5 Å². The van der Waals surface area contributed by atoms with Crippen LogP contribution in [0.1, 0.15) is 40.5 Å². The van der Waals surface area contributed by atoms with Gasteiger partial charge in [0.2, 0.25) is 0 Å². The van der Waals surface area contributed by atoms with Crippen LogP contribution < -0.4 is 0 Å². The van der Waals surface area contributed by atoms with E-state index in [9.17, 15) is 4.79 Å². The highest BCUT2D eigenvalue weighted by molar-refractivity contribution is 5.68. The fourth-order valence-corrected chi connectivity index (χ4v) is 1.53. The van der Waals surface area contributed by atoms with Crippen molar-refractivity contribution in [1.82, 2.24) is 4.90 Å². The van der Waals surface area contributed by atoms with Crippen molar-refractivity contribution in [1.29, 1.82) is 0 Å².